The van der Waals surface area contributed by atoms with Crippen molar-refractivity contribution in [3.05, 3.63) is 101 Å². The Balaban J connectivity index is 1.67. The van der Waals surface area contributed by atoms with Gasteiger partial charge < -0.3 is 14.8 Å². The smallest absolute Gasteiger partial charge is 0.407 e. The fraction of sp³-hybridized carbons (Fsp3) is 0.355. The average molecular weight is 501 g/mol. The molecule has 1 aliphatic rings. The summed E-state index contributed by atoms with van der Waals surface area (Å²) in [5, 5.41) is 13.7. The van der Waals surface area contributed by atoms with Crippen LogP contribution in [-0.4, -0.2) is 17.7 Å². The number of hydrogen-bond donors (Lipinski definition) is 1. The van der Waals surface area contributed by atoms with Crippen molar-refractivity contribution in [3.8, 4) is 11.8 Å². The normalized spacial score (nSPS) is 18.9. The number of amides is 1. The van der Waals surface area contributed by atoms with Gasteiger partial charge in [-0.25, -0.2) is 9.18 Å². The largest absolute Gasteiger partial charge is 0.489 e. The lowest BCUT2D eigenvalue weighted by atomic mass is 9.65. The van der Waals surface area contributed by atoms with E-state index in [1.54, 1.807) is 12.1 Å². The molecule has 37 heavy (non-hydrogen) atoms. The van der Waals surface area contributed by atoms with Crippen LogP contribution in [0, 0.1) is 23.1 Å². The first kappa shape index (κ1) is 26.2. The Bertz CT molecular complexity index is 1250. The highest BCUT2D eigenvalue weighted by molar-refractivity contribution is 5.68. The van der Waals surface area contributed by atoms with Crippen molar-refractivity contribution in [2.75, 3.05) is 0 Å². The number of carbonyl (C=O) groups excluding carboxylic acids is 1. The lowest BCUT2D eigenvalue weighted by Gasteiger charge is -2.38. The fourth-order valence-corrected chi connectivity index (χ4v) is 5.21. The number of nitriles is 1. The van der Waals surface area contributed by atoms with Crippen LogP contribution in [0.3, 0.4) is 0 Å². The molecule has 3 aromatic rings. The van der Waals surface area contributed by atoms with E-state index in [1.165, 1.54) is 12.1 Å². The SMILES string of the molecule is CC(C)(C)OC(=O)N[C@H]1CCC[C@@H]1C(C#N)(c1ccc(OCc2ccccc2)cc1)c1cccc(F)c1. The topological polar surface area (TPSA) is 71.3 Å². The Morgan fingerprint density at radius 3 is 2.38 bits per heavy atom. The molecule has 0 bridgehead atoms. The van der Waals surface area contributed by atoms with E-state index in [4.69, 9.17) is 9.47 Å². The summed E-state index contributed by atoms with van der Waals surface area (Å²) in [6.45, 7) is 5.86. The molecule has 192 valence electrons. The highest BCUT2D eigenvalue weighted by Gasteiger charge is 2.49. The molecule has 3 atom stereocenters. The predicted molar refractivity (Wildman–Crippen MR) is 141 cm³/mol. The maximum absolute atomic E-state index is 14.4. The predicted octanol–water partition coefficient (Wildman–Crippen LogP) is 6.91. The third-order valence-corrected chi connectivity index (χ3v) is 6.79. The standard InChI is InChI=1S/C31H33FN2O3/c1-30(2,3)37-29(35)34-28-14-8-13-27(28)31(21-33,24-11-7-12-25(32)19-24)23-15-17-26(18-16-23)36-20-22-9-5-4-6-10-22/h4-7,9-12,15-19,27-28H,8,13-14,20H2,1-3H3,(H,34,35)/t27-,28-,31?/m0/s1. The molecular formula is C31H33FN2O3. The van der Waals surface area contributed by atoms with Gasteiger partial charge in [-0.05, 0) is 74.6 Å². The van der Waals surface area contributed by atoms with Gasteiger partial charge in [0.05, 0.1) is 6.07 Å². The first-order chi connectivity index (χ1) is 17.7. The van der Waals surface area contributed by atoms with Crippen LogP contribution < -0.4 is 10.1 Å². The molecule has 5 nitrogen and oxygen atoms in total. The zero-order chi connectivity index (χ0) is 26.5. The number of nitrogens with zero attached hydrogens (tertiary/aromatic N) is 1. The molecule has 1 N–H and O–H groups in total. The number of benzene rings is 3. The highest BCUT2D eigenvalue weighted by Crippen LogP contribution is 2.47. The maximum atomic E-state index is 14.4. The van der Waals surface area contributed by atoms with Gasteiger partial charge in [-0.1, -0.05) is 61.0 Å². The van der Waals surface area contributed by atoms with E-state index in [2.05, 4.69) is 11.4 Å². The van der Waals surface area contributed by atoms with Gasteiger partial charge in [-0.3, -0.25) is 0 Å². The first-order valence-electron chi connectivity index (χ1n) is 12.7. The zero-order valence-electron chi connectivity index (χ0n) is 21.5. The number of ether oxygens (including phenoxy) is 2. The molecule has 0 spiro atoms. The van der Waals surface area contributed by atoms with E-state index in [9.17, 15) is 14.4 Å². The highest BCUT2D eigenvalue weighted by atomic mass is 19.1. The molecular weight excluding hydrogens is 467 g/mol. The van der Waals surface area contributed by atoms with Crippen molar-refractivity contribution in [2.24, 2.45) is 5.92 Å². The molecule has 0 aromatic heterocycles. The van der Waals surface area contributed by atoms with Crippen molar-refractivity contribution in [1.29, 1.82) is 5.26 Å². The third kappa shape index (κ3) is 6.11. The number of rotatable bonds is 7. The summed E-state index contributed by atoms with van der Waals surface area (Å²) in [6, 6.07) is 25.8. The van der Waals surface area contributed by atoms with Crippen molar-refractivity contribution in [3.63, 3.8) is 0 Å². The zero-order valence-corrected chi connectivity index (χ0v) is 21.5. The van der Waals surface area contributed by atoms with Gasteiger partial charge in [0, 0.05) is 12.0 Å². The summed E-state index contributed by atoms with van der Waals surface area (Å²) in [5.74, 6) is -0.00831. The van der Waals surface area contributed by atoms with E-state index in [-0.39, 0.29) is 12.0 Å². The second-order valence-electron chi connectivity index (χ2n) is 10.5. The van der Waals surface area contributed by atoms with Crippen LogP contribution in [0.1, 0.15) is 56.7 Å². The molecule has 6 heteroatoms. The van der Waals surface area contributed by atoms with E-state index < -0.39 is 22.9 Å². The number of carbonyl (C=O) groups is 1. The molecule has 3 aromatic carbocycles. The summed E-state index contributed by atoms with van der Waals surface area (Å²) < 4.78 is 25.9. The molecule has 1 unspecified atom stereocenters. The molecule has 1 saturated carbocycles. The maximum Gasteiger partial charge on any atom is 0.407 e. The van der Waals surface area contributed by atoms with Gasteiger partial charge in [-0.15, -0.1) is 0 Å². The molecule has 0 radical (unpaired) electrons. The molecule has 1 fully saturated rings. The third-order valence-electron chi connectivity index (χ3n) is 6.79. The van der Waals surface area contributed by atoms with Gasteiger partial charge in [0.2, 0.25) is 0 Å². The Kier molecular flexibility index (Phi) is 7.83. The van der Waals surface area contributed by atoms with E-state index in [1.807, 2.05) is 75.4 Å². The van der Waals surface area contributed by atoms with Crippen molar-refractivity contribution < 1.29 is 18.7 Å². The van der Waals surface area contributed by atoms with Crippen LogP contribution in [0.15, 0.2) is 78.9 Å². The lowest BCUT2D eigenvalue weighted by Crippen LogP contribution is -2.48. The molecule has 0 heterocycles. The van der Waals surface area contributed by atoms with Crippen molar-refractivity contribution in [2.45, 2.75) is 63.7 Å². The number of hydrogen-bond acceptors (Lipinski definition) is 4. The van der Waals surface area contributed by atoms with E-state index in [0.717, 1.165) is 17.5 Å². The minimum Gasteiger partial charge on any atom is -0.489 e. The lowest BCUT2D eigenvalue weighted by molar-refractivity contribution is 0.0486. The van der Waals surface area contributed by atoms with Gasteiger partial charge in [0.25, 0.3) is 0 Å². The quantitative estimate of drug-likeness (QED) is 0.383. The summed E-state index contributed by atoms with van der Waals surface area (Å²) in [5.41, 5.74) is 0.546. The Morgan fingerprint density at radius 1 is 1.00 bits per heavy atom. The second-order valence-corrected chi connectivity index (χ2v) is 10.5. The van der Waals surface area contributed by atoms with Crippen molar-refractivity contribution in [1.82, 2.24) is 5.32 Å². The Labute approximate surface area is 218 Å². The van der Waals surface area contributed by atoms with Crippen molar-refractivity contribution >= 4 is 6.09 Å². The van der Waals surface area contributed by atoms with Gasteiger partial charge >= 0.3 is 6.09 Å². The minimum absolute atomic E-state index is 0.275. The second kappa shape index (κ2) is 11.0. The molecule has 4 rings (SSSR count). The first-order valence-corrected chi connectivity index (χ1v) is 12.7. The average Bonchev–Trinajstić information content (AvgIpc) is 3.32. The fourth-order valence-electron chi connectivity index (χ4n) is 5.21. The van der Waals surface area contributed by atoms with Crippen LogP contribution in [-0.2, 0) is 16.8 Å². The van der Waals surface area contributed by atoms with Gasteiger partial charge in [0.1, 0.15) is 29.2 Å². The summed E-state index contributed by atoms with van der Waals surface area (Å²) >= 11 is 0. The van der Waals surface area contributed by atoms with E-state index >= 15 is 0 Å². The number of halogens is 1. The summed E-state index contributed by atoms with van der Waals surface area (Å²) in [7, 11) is 0. The molecule has 0 saturated heterocycles. The number of nitrogens with one attached hydrogen (secondary N) is 1. The van der Waals surface area contributed by atoms with Crippen LogP contribution in [0.25, 0.3) is 0 Å². The monoisotopic (exact) mass is 500 g/mol. The Morgan fingerprint density at radius 2 is 1.73 bits per heavy atom. The van der Waals surface area contributed by atoms with Crippen LogP contribution >= 0.6 is 0 Å². The van der Waals surface area contributed by atoms with Crippen LogP contribution in [0.5, 0.6) is 5.75 Å². The number of alkyl carbamates (subject to hydrolysis) is 1. The molecule has 0 aliphatic heterocycles. The Hall–Kier alpha value is -3.85. The molecule has 1 amide bonds. The summed E-state index contributed by atoms with van der Waals surface area (Å²) in [4.78, 5) is 12.6. The van der Waals surface area contributed by atoms with Gasteiger partial charge in [0.15, 0.2) is 0 Å². The minimum atomic E-state index is -1.17. The summed E-state index contributed by atoms with van der Waals surface area (Å²) in [6.07, 6.45) is 1.74. The van der Waals surface area contributed by atoms with Gasteiger partial charge in [-0.2, -0.15) is 5.26 Å². The van der Waals surface area contributed by atoms with Crippen LogP contribution in [0.2, 0.25) is 0 Å². The molecule has 1 aliphatic carbocycles. The van der Waals surface area contributed by atoms with Crippen LogP contribution in [0.4, 0.5) is 9.18 Å². The van der Waals surface area contributed by atoms with E-state index in [0.29, 0.717) is 30.8 Å².